The molecule has 6 rings (SSSR count). The van der Waals surface area contributed by atoms with Gasteiger partial charge in [0.2, 0.25) is 0 Å². The van der Waals surface area contributed by atoms with Crippen molar-refractivity contribution in [3.8, 4) is 23.8 Å². The van der Waals surface area contributed by atoms with Gasteiger partial charge in [0, 0.05) is 24.4 Å². The third-order valence-corrected chi connectivity index (χ3v) is 8.45. The summed E-state index contributed by atoms with van der Waals surface area (Å²) >= 11 is 12.3. The topological polar surface area (TPSA) is 141 Å². The van der Waals surface area contributed by atoms with E-state index in [4.69, 9.17) is 34.4 Å². The van der Waals surface area contributed by atoms with Crippen LogP contribution in [0.1, 0.15) is 55.5 Å². The Kier molecular flexibility index (Phi) is 9.00. The molecule has 2 aliphatic rings. The summed E-state index contributed by atoms with van der Waals surface area (Å²) in [5.74, 6) is 2.36. The van der Waals surface area contributed by atoms with E-state index in [1.165, 1.54) is 10.7 Å². The first-order valence-electron chi connectivity index (χ1n) is 14.2. The number of fused-ring (bicyclic) bond motifs is 2. The van der Waals surface area contributed by atoms with Gasteiger partial charge in [-0.3, -0.25) is 9.36 Å². The highest BCUT2D eigenvalue weighted by Gasteiger charge is 2.43. The molecule has 0 aliphatic carbocycles. The Bertz CT molecular complexity index is 1960. The lowest BCUT2D eigenvalue weighted by atomic mass is 9.89. The van der Waals surface area contributed by atoms with Crippen LogP contribution in [0.3, 0.4) is 0 Å². The summed E-state index contributed by atoms with van der Waals surface area (Å²) in [6.07, 6.45) is 7.97. The van der Waals surface area contributed by atoms with E-state index in [2.05, 4.69) is 26.3 Å². The number of hydrogen-bond acceptors (Lipinski definition) is 7. The Morgan fingerprint density at radius 3 is 2.60 bits per heavy atom. The summed E-state index contributed by atoms with van der Waals surface area (Å²) in [6, 6.07) is 11.9. The zero-order valence-electron chi connectivity index (χ0n) is 24.8. The molecule has 2 aromatic carbocycles. The van der Waals surface area contributed by atoms with Gasteiger partial charge in [-0.15, -0.1) is 11.5 Å². The van der Waals surface area contributed by atoms with Gasteiger partial charge in [-0.05, 0) is 43.9 Å². The number of nitrogens with zero attached hydrogens (tertiary/aromatic N) is 5. The molecule has 4 heterocycles. The van der Waals surface area contributed by atoms with Crippen molar-refractivity contribution < 1.29 is 19.4 Å². The molecule has 0 bridgehead atoms. The molecular weight excluding hydrogens is 619 g/mol. The lowest BCUT2D eigenvalue weighted by Crippen LogP contribution is -2.41. The number of nitrogens with one attached hydrogen (secondary N) is 1. The summed E-state index contributed by atoms with van der Waals surface area (Å²) in [5.41, 5.74) is 0.178. The van der Waals surface area contributed by atoms with E-state index >= 15 is 0 Å². The molecule has 1 unspecified atom stereocenters. The lowest BCUT2D eigenvalue weighted by Gasteiger charge is -2.21. The van der Waals surface area contributed by atoms with Crippen molar-refractivity contribution >= 4 is 51.8 Å². The molecule has 0 spiro atoms. The number of carboxylic acid groups (broad SMARTS) is 1. The number of carbonyl (C=O) groups excluding carboxylic acids is 1. The number of aliphatic imine (C=N–C) groups is 1. The van der Waals surface area contributed by atoms with Crippen LogP contribution in [-0.4, -0.2) is 54.3 Å². The molecule has 1 amide bonds. The predicted molar refractivity (Wildman–Crippen MR) is 172 cm³/mol. The van der Waals surface area contributed by atoms with Crippen molar-refractivity contribution in [2.45, 2.75) is 52.1 Å². The number of amidine groups is 1. The first kappa shape index (κ1) is 31.8. The number of ether oxygens (including phenoxy) is 1. The summed E-state index contributed by atoms with van der Waals surface area (Å²) in [5, 5.41) is 17.9. The van der Waals surface area contributed by atoms with Gasteiger partial charge in [0.15, 0.2) is 5.84 Å². The summed E-state index contributed by atoms with van der Waals surface area (Å²) in [6.45, 7) is 6.30. The van der Waals surface area contributed by atoms with Crippen LogP contribution < -0.4 is 15.7 Å². The zero-order chi connectivity index (χ0) is 32.5. The normalized spacial score (nSPS) is 17.2. The molecule has 0 fully saturated rings. The number of amides is 1. The Hall–Kier alpha value is -4.66. The maximum Gasteiger partial charge on any atom is 0.350 e. The number of aromatic nitrogens is 4. The minimum absolute atomic E-state index is 0.0197. The molecule has 0 saturated carbocycles. The standard InChI is InChI=1S/C17H17N3O3.C15H13Cl2N3O2/c1-9(2)17(3)16(23)19-14(20-17)13-11(15(21)22)8-10-6-4-5-7-12(10)18-13;1-2-7-22-13-9-12(10(16)8-11(13)17)20-15(21)19-6-4-3-5-14(19)18-20/h4-9H,1-3H3,(H,21,22)(H,19,20,23);1,8-9H,3-7H2. The Labute approximate surface area is 268 Å². The molecule has 232 valence electrons. The van der Waals surface area contributed by atoms with Crippen molar-refractivity contribution in [1.82, 2.24) is 24.6 Å². The molecule has 0 radical (unpaired) electrons. The van der Waals surface area contributed by atoms with E-state index in [0.29, 0.717) is 33.5 Å². The van der Waals surface area contributed by atoms with Crippen molar-refractivity contribution in [2.24, 2.45) is 10.9 Å². The van der Waals surface area contributed by atoms with Crippen molar-refractivity contribution in [3.05, 3.63) is 80.1 Å². The van der Waals surface area contributed by atoms with Crippen LogP contribution in [0.25, 0.3) is 16.6 Å². The predicted octanol–water partition coefficient (Wildman–Crippen LogP) is 4.91. The third kappa shape index (κ3) is 6.16. The van der Waals surface area contributed by atoms with Crippen LogP contribution in [0.15, 0.2) is 52.3 Å². The Morgan fingerprint density at radius 2 is 1.93 bits per heavy atom. The van der Waals surface area contributed by atoms with E-state index in [1.807, 2.05) is 26.0 Å². The number of carboxylic acids is 1. The summed E-state index contributed by atoms with van der Waals surface area (Å²) in [4.78, 5) is 45.2. The maximum absolute atomic E-state index is 12.5. The molecule has 45 heavy (non-hydrogen) atoms. The smallest absolute Gasteiger partial charge is 0.350 e. The fourth-order valence-corrected chi connectivity index (χ4v) is 5.49. The van der Waals surface area contributed by atoms with Gasteiger partial charge in [0.1, 0.15) is 29.4 Å². The second-order valence-corrected chi connectivity index (χ2v) is 11.9. The fraction of sp³-hybridized carbons (Fsp3) is 0.312. The highest BCUT2D eigenvalue weighted by molar-refractivity contribution is 6.36. The zero-order valence-corrected chi connectivity index (χ0v) is 26.3. The molecule has 1 atom stereocenters. The number of para-hydroxylation sites is 1. The third-order valence-electron chi connectivity index (χ3n) is 7.85. The highest BCUT2D eigenvalue weighted by Crippen LogP contribution is 2.33. The number of hydrogen-bond donors (Lipinski definition) is 2. The van der Waals surface area contributed by atoms with Gasteiger partial charge in [-0.25, -0.2) is 19.6 Å². The second kappa shape index (κ2) is 12.8. The second-order valence-electron chi connectivity index (χ2n) is 11.0. The fourth-order valence-electron chi connectivity index (χ4n) is 4.98. The lowest BCUT2D eigenvalue weighted by molar-refractivity contribution is -0.124. The number of pyridine rings is 1. The maximum atomic E-state index is 12.5. The molecule has 0 saturated heterocycles. The number of aromatic carboxylic acids is 1. The number of rotatable bonds is 6. The molecule has 4 aromatic rings. The van der Waals surface area contributed by atoms with Crippen LogP contribution in [-0.2, 0) is 17.8 Å². The van der Waals surface area contributed by atoms with Gasteiger partial charge in [-0.1, -0.05) is 61.2 Å². The van der Waals surface area contributed by atoms with Crippen molar-refractivity contribution in [1.29, 1.82) is 0 Å². The van der Waals surface area contributed by atoms with E-state index in [1.54, 1.807) is 35.8 Å². The SMILES string of the molecule is C#CCOc1cc(-n2nc3n(c2=O)CCCC3)c(Cl)cc1Cl.CC(C)C1(C)N=C(c2nc3ccccc3cc2C(=O)O)NC1=O. The van der Waals surface area contributed by atoms with E-state index in [0.717, 1.165) is 30.5 Å². The minimum atomic E-state index is -1.10. The Balaban J connectivity index is 0.000000178. The van der Waals surface area contributed by atoms with Gasteiger partial charge in [0.05, 0.1) is 26.8 Å². The van der Waals surface area contributed by atoms with Gasteiger partial charge >= 0.3 is 11.7 Å². The largest absolute Gasteiger partial charge is 0.479 e. The summed E-state index contributed by atoms with van der Waals surface area (Å²) in [7, 11) is 0. The first-order chi connectivity index (χ1) is 21.4. The molecule has 2 aliphatic heterocycles. The molecule has 13 heteroatoms. The average Bonchev–Trinajstić information content (AvgIpc) is 3.52. The average molecular weight is 650 g/mol. The molecule has 2 aromatic heterocycles. The van der Waals surface area contributed by atoms with Crippen LogP contribution in [0, 0.1) is 18.3 Å². The minimum Gasteiger partial charge on any atom is -0.479 e. The first-order valence-corrected chi connectivity index (χ1v) is 15.0. The number of aryl methyl sites for hydroxylation is 1. The van der Waals surface area contributed by atoms with Crippen molar-refractivity contribution in [2.75, 3.05) is 6.61 Å². The number of halogens is 2. The molecule has 11 nitrogen and oxygen atoms in total. The number of carbonyl (C=O) groups is 2. The van der Waals surface area contributed by atoms with E-state index in [9.17, 15) is 19.5 Å². The van der Waals surface area contributed by atoms with Crippen LogP contribution in [0.2, 0.25) is 10.0 Å². The van der Waals surface area contributed by atoms with E-state index < -0.39 is 11.5 Å². The Morgan fingerprint density at radius 1 is 1.18 bits per heavy atom. The van der Waals surface area contributed by atoms with Crippen molar-refractivity contribution in [3.63, 3.8) is 0 Å². The van der Waals surface area contributed by atoms with Crippen LogP contribution in [0.5, 0.6) is 5.75 Å². The van der Waals surface area contributed by atoms with Gasteiger partial charge in [0.25, 0.3) is 5.91 Å². The van der Waals surface area contributed by atoms with Crippen LogP contribution >= 0.6 is 23.2 Å². The molecular formula is C32H30Cl2N6O5. The highest BCUT2D eigenvalue weighted by atomic mass is 35.5. The van der Waals surface area contributed by atoms with E-state index in [-0.39, 0.29) is 41.2 Å². The van der Waals surface area contributed by atoms with Gasteiger partial charge in [-0.2, -0.15) is 4.68 Å². The quantitative estimate of drug-likeness (QED) is 0.283. The molecule has 2 N–H and O–H groups in total. The number of terminal acetylenes is 1. The van der Waals surface area contributed by atoms with Crippen LogP contribution in [0.4, 0.5) is 0 Å². The number of benzene rings is 2. The summed E-state index contributed by atoms with van der Waals surface area (Å²) < 4.78 is 8.34. The van der Waals surface area contributed by atoms with Gasteiger partial charge < -0.3 is 15.2 Å². The monoisotopic (exact) mass is 648 g/mol.